The van der Waals surface area contributed by atoms with E-state index in [2.05, 4.69) is 9.97 Å². The molecule has 106 valence electrons. The molecule has 0 saturated carbocycles. The maximum atomic E-state index is 11.9. The van der Waals surface area contributed by atoms with Crippen LogP contribution < -0.4 is 4.74 Å². The van der Waals surface area contributed by atoms with E-state index in [1.165, 1.54) is 11.3 Å². The molecule has 2 aromatic heterocycles. The van der Waals surface area contributed by atoms with Crippen molar-refractivity contribution in [3.05, 3.63) is 40.0 Å². The number of carbonyl (C=O) groups excluding carboxylic acids is 1. The van der Waals surface area contributed by atoms with Crippen LogP contribution in [0.4, 0.5) is 0 Å². The zero-order valence-corrected chi connectivity index (χ0v) is 12.4. The molecule has 2 heterocycles. The van der Waals surface area contributed by atoms with Crippen LogP contribution in [0.5, 0.6) is 5.88 Å². The number of esters is 1. The third-order valence-corrected chi connectivity index (χ3v) is 3.51. The number of ether oxygens (including phenoxy) is 2. The van der Waals surface area contributed by atoms with Gasteiger partial charge in [0.15, 0.2) is 0 Å². The van der Waals surface area contributed by atoms with Crippen molar-refractivity contribution < 1.29 is 14.3 Å². The number of methoxy groups -OCH3 is 1. The van der Waals surface area contributed by atoms with Gasteiger partial charge >= 0.3 is 5.97 Å². The number of pyridine rings is 1. The highest BCUT2D eigenvalue weighted by atomic mass is 32.1. The lowest BCUT2D eigenvalue weighted by atomic mass is 10.2. The van der Waals surface area contributed by atoms with E-state index < -0.39 is 5.97 Å². The molecule has 0 bridgehead atoms. The van der Waals surface area contributed by atoms with Gasteiger partial charge in [0.25, 0.3) is 0 Å². The Kier molecular flexibility index (Phi) is 4.68. The lowest BCUT2D eigenvalue weighted by Gasteiger charge is -2.03. The lowest BCUT2D eigenvalue weighted by Crippen LogP contribution is -2.05. The molecule has 0 radical (unpaired) electrons. The number of aromatic nitrogens is 2. The maximum absolute atomic E-state index is 11.9. The van der Waals surface area contributed by atoms with Gasteiger partial charge in [-0.3, -0.25) is 0 Å². The van der Waals surface area contributed by atoms with Crippen LogP contribution in [0.2, 0.25) is 0 Å². The van der Waals surface area contributed by atoms with Gasteiger partial charge in [0.05, 0.1) is 12.8 Å². The summed E-state index contributed by atoms with van der Waals surface area (Å²) in [5.74, 6) is 0.429. The summed E-state index contributed by atoms with van der Waals surface area (Å²) in [5.41, 5.74) is 1.72. The molecule has 0 aliphatic carbocycles. The molecule has 6 heteroatoms. The van der Waals surface area contributed by atoms with Crippen LogP contribution in [0.3, 0.4) is 0 Å². The summed E-state index contributed by atoms with van der Waals surface area (Å²) in [6.07, 6.45) is 1.62. The molecule has 20 heavy (non-hydrogen) atoms. The summed E-state index contributed by atoms with van der Waals surface area (Å²) in [5, 5.41) is 2.27. The zero-order valence-electron chi connectivity index (χ0n) is 11.6. The first-order chi connectivity index (χ1) is 9.60. The van der Waals surface area contributed by atoms with Crippen molar-refractivity contribution >= 4 is 17.3 Å². The van der Waals surface area contributed by atoms with E-state index in [-0.39, 0.29) is 6.61 Å². The highest BCUT2D eigenvalue weighted by Crippen LogP contribution is 2.18. The van der Waals surface area contributed by atoms with Crippen LogP contribution >= 0.6 is 11.3 Å². The van der Waals surface area contributed by atoms with Crippen LogP contribution in [0, 0.1) is 0 Å². The topological polar surface area (TPSA) is 61.3 Å². The van der Waals surface area contributed by atoms with Crippen LogP contribution in [0.15, 0.2) is 23.7 Å². The van der Waals surface area contributed by atoms with Crippen LogP contribution in [0.25, 0.3) is 0 Å². The standard InChI is InChI=1S/C14H16N2O3S/c1-9(2)11-8-20-13(16-11)14(17)19-7-10-4-5-12(18-3)15-6-10/h4-6,8-9H,7H2,1-3H3. The fraction of sp³-hybridized carbons (Fsp3) is 0.357. The van der Waals surface area contributed by atoms with Crippen molar-refractivity contribution in [2.45, 2.75) is 26.4 Å². The van der Waals surface area contributed by atoms with E-state index in [0.717, 1.165) is 11.3 Å². The Bertz CT molecular complexity index is 578. The molecule has 0 unspecified atom stereocenters. The molecule has 2 rings (SSSR count). The number of carbonyl (C=O) groups is 1. The van der Waals surface area contributed by atoms with E-state index in [4.69, 9.17) is 9.47 Å². The summed E-state index contributed by atoms with van der Waals surface area (Å²) in [6.45, 7) is 4.24. The van der Waals surface area contributed by atoms with Crippen molar-refractivity contribution in [3.8, 4) is 5.88 Å². The van der Waals surface area contributed by atoms with Crippen molar-refractivity contribution in [2.24, 2.45) is 0 Å². The van der Waals surface area contributed by atoms with Gasteiger partial charge in [0.2, 0.25) is 10.9 Å². The molecule has 0 aliphatic heterocycles. The molecule has 0 N–H and O–H groups in total. The monoisotopic (exact) mass is 292 g/mol. The number of rotatable bonds is 5. The Morgan fingerprint density at radius 1 is 1.40 bits per heavy atom. The van der Waals surface area contributed by atoms with Gasteiger partial charge in [-0.15, -0.1) is 11.3 Å². The SMILES string of the molecule is COc1ccc(COC(=O)c2nc(C(C)C)cs2)cn1. The molecule has 2 aromatic rings. The highest BCUT2D eigenvalue weighted by molar-refractivity contribution is 7.11. The first-order valence-corrected chi connectivity index (χ1v) is 7.09. The molecular weight excluding hydrogens is 276 g/mol. The summed E-state index contributed by atoms with van der Waals surface area (Å²) in [7, 11) is 1.55. The third-order valence-electron chi connectivity index (χ3n) is 2.66. The smallest absolute Gasteiger partial charge is 0.367 e. The van der Waals surface area contributed by atoms with Crippen molar-refractivity contribution in [1.82, 2.24) is 9.97 Å². The van der Waals surface area contributed by atoms with Crippen molar-refractivity contribution in [1.29, 1.82) is 0 Å². The van der Waals surface area contributed by atoms with Gasteiger partial charge in [-0.25, -0.2) is 14.8 Å². The third kappa shape index (κ3) is 3.54. The molecule has 0 fully saturated rings. The van der Waals surface area contributed by atoms with E-state index in [9.17, 15) is 4.79 Å². The maximum Gasteiger partial charge on any atom is 0.367 e. The normalized spacial score (nSPS) is 10.6. The minimum Gasteiger partial charge on any atom is -0.481 e. The Balaban J connectivity index is 1.93. The van der Waals surface area contributed by atoms with E-state index in [1.807, 2.05) is 19.2 Å². The Morgan fingerprint density at radius 2 is 2.20 bits per heavy atom. The second kappa shape index (κ2) is 6.47. The Hall–Kier alpha value is -1.95. The fourth-order valence-electron chi connectivity index (χ4n) is 1.47. The van der Waals surface area contributed by atoms with Crippen LogP contribution in [-0.4, -0.2) is 23.0 Å². The molecule has 0 aliphatic rings. The molecular formula is C14H16N2O3S. The van der Waals surface area contributed by atoms with Crippen LogP contribution in [0.1, 0.15) is 40.8 Å². The Labute approximate surface area is 121 Å². The van der Waals surface area contributed by atoms with E-state index in [1.54, 1.807) is 25.4 Å². The van der Waals surface area contributed by atoms with Gasteiger partial charge < -0.3 is 9.47 Å². The van der Waals surface area contributed by atoms with Gasteiger partial charge in [0.1, 0.15) is 6.61 Å². The summed E-state index contributed by atoms with van der Waals surface area (Å²) in [4.78, 5) is 20.2. The fourth-order valence-corrected chi connectivity index (χ4v) is 2.34. The largest absolute Gasteiger partial charge is 0.481 e. The minimum atomic E-state index is -0.405. The van der Waals surface area contributed by atoms with E-state index >= 15 is 0 Å². The average Bonchev–Trinajstić information content (AvgIpc) is 2.95. The van der Waals surface area contributed by atoms with Gasteiger partial charge in [-0.05, 0) is 12.0 Å². The summed E-state index contributed by atoms with van der Waals surface area (Å²) >= 11 is 1.31. The number of hydrogen-bond acceptors (Lipinski definition) is 6. The summed E-state index contributed by atoms with van der Waals surface area (Å²) in [6, 6.07) is 3.53. The van der Waals surface area contributed by atoms with Gasteiger partial charge in [0, 0.05) is 23.2 Å². The second-order valence-corrected chi connectivity index (χ2v) is 5.38. The zero-order chi connectivity index (χ0) is 14.5. The number of hydrogen-bond donors (Lipinski definition) is 0. The number of nitrogens with zero attached hydrogens (tertiary/aromatic N) is 2. The molecule has 0 atom stereocenters. The van der Waals surface area contributed by atoms with Gasteiger partial charge in [-0.2, -0.15) is 0 Å². The summed E-state index contributed by atoms with van der Waals surface area (Å²) < 4.78 is 10.2. The molecule has 0 saturated heterocycles. The van der Waals surface area contributed by atoms with E-state index in [0.29, 0.717) is 16.8 Å². The predicted octanol–water partition coefficient (Wildman–Crippen LogP) is 3.03. The minimum absolute atomic E-state index is 0.173. The molecule has 0 amide bonds. The number of thiazole rings is 1. The average molecular weight is 292 g/mol. The molecule has 0 aromatic carbocycles. The van der Waals surface area contributed by atoms with Gasteiger partial charge in [-0.1, -0.05) is 13.8 Å². The first kappa shape index (κ1) is 14.5. The first-order valence-electron chi connectivity index (χ1n) is 6.21. The highest BCUT2D eigenvalue weighted by Gasteiger charge is 2.14. The van der Waals surface area contributed by atoms with Crippen molar-refractivity contribution in [3.63, 3.8) is 0 Å². The van der Waals surface area contributed by atoms with Crippen LogP contribution in [-0.2, 0) is 11.3 Å². The quantitative estimate of drug-likeness (QED) is 0.793. The predicted molar refractivity (Wildman–Crippen MR) is 76.1 cm³/mol. The van der Waals surface area contributed by atoms with Crippen molar-refractivity contribution in [2.75, 3.05) is 7.11 Å². The second-order valence-electron chi connectivity index (χ2n) is 4.52. The molecule has 5 nitrogen and oxygen atoms in total. The molecule has 0 spiro atoms. The lowest BCUT2D eigenvalue weighted by molar-refractivity contribution is 0.0471. The Morgan fingerprint density at radius 3 is 2.75 bits per heavy atom.